The van der Waals surface area contributed by atoms with Gasteiger partial charge >= 0.3 is 0 Å². The summed E-state index contributed by atoms with van der Waals surface area (Å²) < 4.78 is 2.35. The van der Waals surface area contributed by atoms with Gasteiger partial charge in [-0.1, -0.05) is 31.2 Å². The lowest BCUT2D eigenvalue weighted by Gasteiger charge is -2.05. The molecule has 1 aliphatic heterocycles. The number of nitrogens with zero attached hydrogens (tertiary/aromatic N) is 2. The van der Waals surface area contributed by atoms with Gasteiger partial charge in [0, 0.05) is 13.0 Å². The molecule has 0 saturated carbocycles. The number of aromatic nitrogens is 2. The van der Waals surface area contributed by atoms with Crippen LogP contribution in [0.15, 0.2) is 30.5 Å². The van der Waals surface area contributed by atoms with E-state index in [0.29, 0.717) is 0 Å². The minimum absolute atomic E-state index is 1.10. The molecule has 0 fully saturated rings. The van der Waals surface area contributed by atoms with Crippen LogP contribution in [0.4, 0.5) is 0 Å². The maximum atomic E-state index is 4.48. The largest absolute Gasteiger partial charge is 0.328 e. The predicted molar refractivity (Wildman–Crippen MR) is 65.4 cm³/mol. The van der Waals surface area contributed by atoms with E-state index in [1.165, 1.54) is 29.1 Å². The number of fused-ring (bicyclic) bond motifs is 1. The lowest BCUT2D eigenvalue weighted by atomic mass is 10.1. The van der Waals surface area contributed by atoms with Crippen molar-refractivity contribution in [2.75, 3.05) is 0 Å². The van der Waals surface area contributed by atoms with Gasteiger partial charge in [-0.05, 0) is 24.0 Å². The molecule has 2 aromatic rings. The molecule has 2 nitrogen and oxygen atoms in total. The molecule has 0 spiro atoms. The molecule has 0 bridgehead atoms. The van der Waals surface area contributed by atoms with Gasteiger partial charge in [-0.25, -0.2) is 4.98 Å². The summed E-state index contributed by atoms with van der Waals surface area (Å²) in [6.07, 6.45) is 5.48. The Bertz CT molecular complexity index is 494. The Balaban J connectivity index is 2.01. The first kappa shape index (κ1) is 9.64. The normalized spacial score (nSPS) is 14.1. The van der Waals surface area contributed by atoms with Gasteiger partial charge in [0.2, 0.25) is 0 Å². The van der Waals surface area contributed by atoms with Crippen LogP contribution in [0, 0.1) is 0 Å². The number of rotatable bonds is 2. The standard InChI is InChI=1S/C14H16N2/c1-2-11-5-7-12(8-6-11)13-10-15-14-4-3-9-16(13)14/h5-8,10H,2-4,9H2,1H3. The zero-order valence-corrected chi connectivity index (χ0v) is 9.61. The van der Waals surface area contributed by atoms with Crippen LogP contribution in [0.2, 0.25) is 0 Å². The van der Waals surface area contributed by atoms with E-state index in [0.717, 1.165) is 19.4 Å². The molecule has 0 aliphatic carbocycles. The van der Waals surface area contributed by atoms with Gasteiger partial charge < -0.3 is 4.57 Å². The second-order valence-electron chi connectivity index (χ2n) is 4.37. The van der Waals surface area contributed by atoms with E-state index in [4.69, 9.17) is 0 Å². The molecule has 2 heteroatoms. The Morgan fingerprint density at radius 1 is 1.25 bits per heavy atom. The van der Waals surface area contributed by atoms with Crippen molar-refractivity contribution in [1.82, 2.24) is 9.55 Å². The minimum Gasteiger partial charge on any atom is -0.328 e. The summed E-state index contributed by atoms with van der Waals surface area (Å²) in [6.45, 7) is 3.31. The Morgan fingerprint density at radius 3 is 2.81 bits per heavy atom. The fourth-order valence-electron chi connectivity index (χ4n) is 2.40. The van der Waals surface area contributed by atoms with E-state index in [2.05, 4.69) is 40.7 Å². The Hall–Kier alpha value is -1.57. The molecule has 1 aliphatic rings. The lowest BCUT2D eigenvalue weighted by Crippen LogP contribution is -1.95. The van der Waals surface area contributed by atoms with E-state index in [1.807, 2.05) is 6.20 Å². The van der Waals surface area contributed by atoms with Crippen LogP contribution in [0.25, 0.3) is 11.3 Å². The zero-order valence-electron chi connectivity index (χ0n) is 9.61. The van der Waals surface area contributed by atoms with Crippen LogP contribution >= 0.6 is 0 Å². The highest BCUT2D eigenvalue weighted by atomic mass is 15.1. The number of benzene rings is 1. The van der Waals surface area contributed by atoms with Crippen LogP contribution in [-0.2, 0) is 19.4 Å². The minimum atomic E-state index is 1.10. The maximum absolute atomic E-state index is 4.48. The zero-order chi connectivity index (χ0) is 11.0. The smallest absolute Gasteiger partial charge is 0.109 e. The number of hydrogen-bond acceptors (Lipinski definition) is 1. The SMILES string of the molecule is CCc1ccc(-c2cnc3n2CCC3)cc1. The van der Waals surface area contributed by atoms with E-state index < -0.39 is 0 Å². The second-order valence-corrected chi connectivity index (χ2v) is 4.37. The number of aryl methyl sites for hydroxylation is 2. The van der Waals surface area contributed by atoms with Crippen molar-refractivity contribution >= 4 is 0 Å². The maximum Gasteiger partial charge on any atom is 0.109 e. The molecule has 0 atom stereocenters. The van der Waals surface area contributed by atoms with Gasteiger partial charge in [0.15, 0.2) is 0 Å². The molecule has 16 heavy (non-hydrogen) atoms. The first-order valence-electron chi connectivity index (χ1n) is 6.02. The van der Waals surface area contributed by atoms with Gasteiger partial charge in [-0.2, -0.15) is 0 Å². The highest BCUT2D eigenvalue weighted by Crippen LogP contribution is 2.25. The molecule has 82 valence electrons. The molecule has 3 rings (SSSR count). The summed E-state index contributed by atoms with van der Waals surface area (Å²) in [5.41, 5.74) is 3.96. The molecular formula is C14H16N2. The summed E-state index contributed by atoms with van der Waals surface area (Å²) in [7, 11) is 0. The van der Waals surface area contributed by atoms with Crippen molar-refractivity contribution in [3.8, 4) is 11.3 Å². The van der Waals surface area contributed by atoms with E-state index >= 15 is 0 Å². The monoisotopic (exact) mass is 212 g/mol. The summed E-state index contributed by atoms with van der Waals surface area (Å²) >= 11 is 0. The van der Waals surface area contributed by atoms with Crippen LogP contribution in [-0.4, -0.2) is 9.55 Å². The van der Waals surface area contributed by atoms with Gasteiger partial charge in [-0.3, -0.25) is 0 Å². The van der Waals surface area contributed by atoms with Crippen molar-refractivity contribution in [1.29, 1.82) is 0 Å². The first-order chi connectivity index (χ1) is 7.88. The predicted octanol–water partition coefficient (Wildman–Crippen LogP) is 3.06. The van der Waals surface area contributed by atoms with Crippen LogP contribution in [0.1, 0.15) is 24.7 Å². The summed E-state index contributed by atoms with van der Waals surface area (Å²) in [6, 6.07) is 8.84. The lowest BCUT2D eigenvalue weighted by molar-refractivity contribution is 0.756. The molecule has 0 unspecified atom stereocenters. The van der Waals surface area contributed by atoms with Crippen molar-refractivity contribution in [3.63, 3.8) is 0 Å². The van der Waals surface area contributed by atoms with Gasteiger partial charge in [-0.15, -0.1) is 0 Å². The van der Waals surface area contributed by atoms with Gasteiger partial charge in [0.1, 0.15) is 5.82 Å². The summed E-state index contributed by atoms with van der Waals surface area (Å²) in [4.78, 5) is 4.48. The van der Waals surface area contributed by atoms with E-state index in [1.54, 1.807) is 0 Å². The Morgan fingerprint density at radius 2 is 2.06 bits per heavy atom. The molecule has 0 radical (unpaired) electrons. The van der Waals surface area contributed by atoms with Crippen LogP contribution in [0.5, 0.6) is 0 Å². The first-order valence-corrected chi connectivity index (χ1v) is 6.02. The Kier molecular flexibility index (Phi) is 2.28. The van der Waals surface area contributed by atoms with Crippen LogP contribution in [0.3, 0.4) is 0 Å². The third kappa shape index (κ3) is 1.45. The number of imidazole rings is 1. The van der Waals surface area contributed by atoms with Crippen molar-refractivity contribution in [2.45, 2.75) is 32.7 Å². The van der Waals surface area contributed by atoms with Crippen molar-refractivity contribution < 1.29 is 0 Å². The highest BCUT2D eigenvalue weighted by molar-refractivity contribution is 5.60. The molecule has 2 heterocycles. The fraction of sp³-hybridized carbons (Fsp3) is 0.357. The van der Waals surface area contributed by atoms with E-state index in [-0.39, 0.29) is 0 Å². The second kappa shape index (κ2) is 3.78. The highest BCUT2D eigenvalue weighted by Gasteiger charge is 2.16. The molecule has 0 amide bonds. The average Bonchev–Trinajstić information content (AvgIpc) is 2.91. The third-order valence-electron chi connectivity index (χ3n) is 3.38. The van der Waals surface area contributed by atoms with Gasteiger partial charge in [0.25, 0.3) is 0 Å². The van der Waals surface area contributed by atoms with Crippen LogP contribution < -0.4 is 0 Å². The Labute approximate surface area is 95.9 Å². The molecule has 0 N–H and O–H groups in total. The van der Waals surface area contributed by atoms with Gasteiger partial charge in [0.05, 0.1) is 11.9 Å². The average molecular weight is 212 g/mol. The molecule has 1 aromatic heterocycles. The fourth-order valence-corrected chi connectivity index (χ4v) is 2.40. The number of hydrogen-bond donors (Lipinski definition) is 0. The topological polar surface area (TPSA) is 17.8 Å². The van der Waals surface area contributed by atoms with Crippen molar-refractivity contribution in [3.05, 3.63) is 41.9 Å². The molecular weight excluding hydrogens is 196 g/mol. The summed E-state index contributed by atoms with van der Waals surface area (Å²) in [5, 5.41) is 0. The summed E-state index contributed by atoms with van der Waals surface area (Å²) in [5.74, 6) is 1.24. The quantitative estimate of drug-likeness (QED) is 0.748. The molecule has 0 saturated heterocycles. The molecule has 1 aromatic carbocycles. The van der Waals surface area contributed by atoms with Crippen molar-refractivity contribution in [2.24, 2.45) is 0 Å². The third-order valence-corrected chi connectivity index (χ3v) is 3.38. The van der Waals surface area contributed by atoms with E-state index in [9.17, 15) is 0 Å².